The first-order valence-electron chi connectivity index (χ1n) is 6.36. The minimum absolute atomic E-state index is 0.207. The highest BCUT2D eigenvalue weighted by Gasteiger charge is 2.16. The van der Waals surface area contributed by atoms with Crippen molar-refractivity contribution in [2.45, 2.75) is 19.9 Å². The summed E-state index contributed by atoms with van der Waals surface area (Å²) in [7, 11) is 0. The van der Waals surface area contributed by atoms with Crippen molar-refractivity contribution in [3.63, 3.8) is 0 Å². The van der Waals surface area contributed by atoms with Gasteiger partial charge in [-0.25, -0.2) is 0 Å². The van der Waals surface area contributed by atoms with Crippen LogP contribution in [-0.4, -0.2) is 4.92 Å². The normalized spacial score (nSPS) is 10.3. The molecule has 0 amide bonds. The van der Waals surface area contributed by atoms with Crippen molar-refractivity contribution >= 4 is 11.4 Å². The van der Waals surface area contributed by atoms with Crippen molar-refractivity contribution in [3.8, 4) is 0 Å². The van der Waals surface area contributed by atoms with E-state index in [-0.39, 0.29) is 12.1 Å². The summed E-state index contributed by atoms with van der Waals surface area (Å²) in [5, 5.41) is 13.7. The van der Waals surface area contributed by atoms with Crippen LogP contribution in [0.15, 0.2) is 42.5 Å². The SMILES string of the molecule is CCc1ccc(NCc2cccc([N+](=O)[O-])c2F)cc1. The van der Waals surface area contributed by atoms with Gasteiger partial charge in [0.25, 0.3) is 0 Å². The first kappa shape index (κ1) is 14.0. The van der Waals surface area contributed by atoms with Gasteiger partial charge in [0.05, 0.1) is 4.92 Å². The van der Waals surface area contributed by atoms with Gasteiger partial charge in [0, 0.05) is 23.9 Å². The summed E-state index contributed by atoms with van der Waals surface area (Å²) in [4.78, 5) is 9.95. The summed E-state index contributed by atoms with van der Waals surface area (Å²) < 4.78 is 13.9. The van der Waals surface area contributed by atoms with E-state index in [4.69, 9.17) is 0 Å². The van der Waals surface area contributed by atoms with E-state index < -0.39 is 16.4 Å². The highest BCUT2D eigenvalue weighted by molar-refractivity contribution is 5.46. The van der Waals surface area contributed by atoms with Gasteiger partial charge in [0.2, 0.25) is 5.82 Å². The summed E-state index contributed by atoms with van der Waals surface area (Å²) >= 11 is 0. The molecule has 2 rings (SSSR count). The molecule has 2 aromatic rings. The molecule has 4 nitrogen and oxygen atoms in total. The summed E-state index contributed by atoms with van der Waals surface area (Å²) in [6, 6.07) is 12.0. The van der Waals surface area contributed by atoms with Gasteiger partial charge in [-0.05, 0) is 24.1 Å². The molecule has 0 aliphatic rings. The Kier molecular flexibility index (Phi) is 4.30. The van der Waals surface area contributed by atoms with Gasteiger partial charge in [-0.3, -0.25) is 10.1 Å². The van der Waals surface area contributed by atoms with E-state index in [1.165, 1.54) is 17.7 Å². The molecular formula is C15H15FN2O2. The summed E-state index contributed by atoms with van der Waals surface area (Å²) in [6.07, 6.45) is 0.958. The van der Waals surface area contributed by atoms with Gasteiger partial charge >= 0.3 is 5.69 Å². The zero-order valence-corrected chi connectivity index (χ0v) is 11.1. The Bertz CT molecular complexity index is 612. The number of hydrogen-bond donors (Lipinski definition) is 1. The van der Waals surface area contributed by atoms with Crippen molar-refractivity contribution in [3.05, 3.63) is 69.5 Å². The number of hydrogen-bond acceptors (Lipinski definition) is 3. The van der Waals surface area contributed by atoms with Gasteiger partial charge in [0.1, 0.15) is 0 Å². The maximum atomic E-state index is 13.9. The van der Waals surface area contributed by atoms with Gasteiger partial charge in [-0.1, -0.05) is 31.2 Å². The van der Waals surface area contributed by atoms with Gasteiger partial charge < -0.3 is 5.32 Å². The van der Waals surface area contributed by atoms with Crippen LogP contribution in [0.5, 0.6) is 0 Å². The van der Waals surface area contributed by atoms with E-state index in [1.807, 2.05) is 24.3 Å². The predicted octanol–water partition coefficient (Wildman–Crippen LogP) is 3.91. The van der Waals surface area contributed by atoms with Gasteiger partial charge in [0.15, 0.2) is 0 Å². The van der Waals surface area contributed by atoms with E-state index in [1.54, 1.807) is 0 Å². The molecule has 0 heterocycles. The molecule has 0 atom stereocenters. The van der Waals surface area contributed by atoms with E-state index in [0.29, 0.717) is 0 Å². The van der Waals surface area contributed by atoms with Gasteiger partial charge in [-0.15, -0.1) is 0 Å². The first-order valence-corrected chi connectivity index (χ1v) is 6.36. The number of nitrogens with zero attached hydrogens (tertiary/aromatic N) is 1. The van der Waals surface area contributed by atoms with Crippen LogP contribution in [0.1, 0.15) is 18.1 Å². The number of aryl methyl sites for hydroxylation is 1. The third kappa shape index (κ3) is 3.12. The fourth-order valence-corrected chi connectivity index (χ4v) is 1.90. The highest BCUT2D eigenvalue weighted by Crippen LogP contribution is 2.21. The zero-order valence-electron chi connectivity index (χ0n) is 11.1. The monoisotopic (exact) mass is 274 g/mol. The van der Waals surface area contributed by atoms with Crippen LogP contribution in [0.3, 0.4) is 0 Å². The maximum absolute atomic E-state index is 13.9. The molecule has 0 spiro atoms. The minimum Gasteiger partial charge on any atom is -0.381 e. The van der Waals surface area contributed by atoms with Crippen LogP contribution >= 0.6 is 0 Å². The molecule has 0 aliphatic heterocycles. The minimum atomic E-state index is -0.782. The third-order valence-corrected chi connectivity index (χ3v) is 3.10. The van der Waals surface area contributed by atoms with Gasteiger partial charge in [-0.2, -0.15) is 4.39 Å². The van der Waals surface area contributed by atoms with E-state index in [0.717, 1.165) is 18.2 Å². The molecule has 0 aliphatic carbocycles. The molecule has 0 radical (unpaired) electrons. The summed E-state index contributed by atoms with van der Waals surface area (Å²) in [5.41, 5.74) is 1.86. The van der Waals surface area contributed by atoms with Crippen LogP contribution < -0.4 is 5.32 Å². The smallest absolute Gasteiger partial charge is 0.305 e. The molecule has 0 saturated heterocycles. The molecule has 0 bridgehead atoms. The first-order chi connectivity index (χ1) is 9.61. The molecular weight excluding hydrogens is 259 g/mol. The second-order valence-electron chi connectivity index (χ2n) is 4.41. The largest absolute Gasteiger partial charge is 0.381 e. The molecule has 20 heavy (non-hydrogen) atoms. The second-order valence-corrected chi connectivity index (χ2v) is 4.41. The lowest BCUT2D eigenvalue weighted by molar-refractivity contribution is -0.387. The molecule has 0 saturated carbocycles. The quantitative estimate of drug-likeness (QED) is 0.664. The molecule has 0 aromatic heterocycles. The second kappa shape index (κ2) is 6.14. The number of rotatable bonds is 5. The predicted molar refractivity (Wildman–Crippen MR) is 76.2 cm³/mol. The number of nitrogens with one attached hydrogen (secondary N) is 1. The maximum Gasteiger partial charge on any atom is 0.305 e. The average Bonchev–Trinajstić information content (AvgIpc) is 2.46. The average molecular weight is 274 g/mol. The standard InChI is InChI=1S/C15H15FN2O2/c1-2-11-6-8-13(9-7-11)17-10-12-4-3-5-14(15(12)16)18(19)20/h3-9,17H,2,10H2,1H3. The molecule has 1 N–H and O–H groups in total. The summed E-state index contributed by atoms with van der Waals surface area (Å²) in [6.45, 7) is 2.28. The highest BCUT2D eigenvalue weighted by atomic mass is 19.1. The molecule has 5 heteroatoms. The fraction of sp³-hybridized carbons (Fsp3) is 0.200. The number of nitro groups is 1. The number of halogens is 1. The van der Waals surface area contributed by atoms with Crippen LogP contribution in [0.25, 0.3) is 0 Å². The Morgan fingerprint density at radius 1 is 1.20 bits per heavy atom. The van der Waals surface area contributed by atoms with Crippen LogP contribution in [0.4, 0.5) is 15.8 Å². The van der Waals surface area contributed by atoms with Crippen molar-refractivity contribution in [1.29, 1.82) is 0 Å². The van der Waals surface area contributed by atoms with E-state index >= 15 is 0 Å². The van der Waals surface area contributed by atoms with Crippen LogP contribution in [0.2, 0.25) is 0 Å². The number of anilines is 1. The van der Waals surface area contributed by atoms with E-state index in [9.17, 15) is 14.5 Å². The Balaban J connectivity index is 2.10. The van der Waals surface area contributed by atoms with E-state index in [2.05, 4.69) is 12.2 Å². The third-order valence-electron chi connectivity index (χ3n) is 3.10. The molecule has 2 aromatic carbocycles. The number of benzene rings is 2. The zero-order chi connectivity index (χ0) is 14.5. The Morgan fingerprint density at radius 3 is 2.50 bits per heavy atom. The Morgan fingerprint density at radius 2 is 1.90 bits per heavy atom. The molecule has 104 valence electrons. The Labute approximate surface area is 116 Å². The van der Waals surface area contributed by atoms with Crippen molar-refractivity contribution < 1.29 is 9.31 Å². The Hall–Kier alpha value is -2.43. The van der Waals surface area contributed by atoms with Crippen molar-refractivity contribution in [2.24, 2.45) is 0 Å². The molecule has 0 fully saturated rings. The van der Waals surface area contributed by atoms with Crippen LogP contribution in [-0.2, 0) is 13.0 Å². The topological polar surface area (TPSA) is 55.2 Å². The fourth-order valence-electron chi connectivity index (χ4n) is 1.90. The molecule has 0 unspecified atom stereocenters. The lowest BCUT2D eigenvalue weighted by Crippen LogP contribution is -2.04. The summed E-state index contributed by atoms with van der Waals surface area (Å²) in [5.74, 6) is -0.782. The van der Waals surface area contributed by atoms with Crippen molar-refractivity contribution in [1.82, 2.24) is 0 Å². The van der Waals surface area contributed by atoms with Crippen molar-refractivity contribution in [2.75, 3.05) is 5.32 Å². The van der Waals surface area contributed by atoms with Crippen LogP contribution in [0, 0.1) is 15.9 Å². The number of nitro benzene ring substituents is 1. The lowest BCUT2D eigenvalue weighted by atomic mass is 10.1. The lowest BCUT2D eigenvalue weighted by Gasteiger charge is -2.08.